The molecule has 1 aromatic carbocycles. The molecule has 96 valence electrons. The van der Waals surface area contributed by atoms with E-state index in [-0.39, 0.29) is 6.42 Å². The van der Waals surface area contributed by atoms with Gasteiger partial charge in [0.05, 0.1) is 17.0 Å². The fourth-order valence-corrected chi connectivity index (χ4v) is 3.11. The number of carboxylic acid groups (broad SMARTS) is 1. The zero-order valence-electron chi connectivity index (χ0n) is 9.81. The summed E-state index contributed by atoms with van der Waals surface area (Å²) in [6, 6.07) is 9.40. The SMILES string of the molecule is O=C(O)Cc1c(-c2cccs2)[nH]c2ccc(Cl)cc12. The van der Waals surface area contributed by atoms with Gasteiger partial charge in [0.1, 0.15) is 0 Å². The Hall–Kier alpha value is -1.78. The molecule has 5 heteroatoms. The van der Waals surface area contributed by atoms with Gasteiger partial charge in [0.2, 0.25) is 0 Å². The van der Waals surface area contributed by atoms with Crippen LogP contribution in [0.2, 0.25) is 5.02 Å². The normalized spacial score (nSPS) is 11.0. The van der Waals surface area contributed by atoms with E-state index in [9.17, 15) is 4.79 Å². The predicted octanol–water partition coefficient (Wildman–Crippen LogP) is 4.18. The number of H-pyrrole nitrogens is 1. The summed E-state index contributed by atoms with van der Waals surface area (Å²) in [6.45, 7) is 0. The van der Waals surface area contributed by atoms with E-state index in [4.69, 9.17) is 16.7 Å². The van der Waals surface area contributed by atoms with E-state index in [1.165, 1.54) is 0 Å². The maximum atomic E-state index is 11.1. The molecule has 0 aliphatic rings. The van der Waals surface area contributed by atoms with Gasteiger partial charge in [-0.1, -0.05) is 17.7 Å². The molecule has 0 spiro atoms. The largest absolute Gasteiger partial charge is 0.481 e. The van der Waals surface area contributed by atoms with Crippen LogP contribution in [-0.2, 0) is 11.2 Å². The molecule has 0 amide bonds. The molecule has 0 radical (unpaired) electrons. The van der Waals surface area contributed by atoms with Crippen molar-refractivity contribution in [2.24, 2.45) is 0 Å². The van der Waals surface area contributed by atoms with Gasteiger partial charge in [-0.25, -0.2) is 0 Å². The van der Waals surface area contributed by atoms with Crippen LogP contribution in [0.4, 0.5) is 0 Å². The molecule has 3 nitrogen and oxygen atoms in total. The third-order valence-corrected chi connectivity index (χ3v) is 4.09. The Labute approximate surface area is 118 Å². The number of aromatic nitrogens is 1. The molecule has 0 saturated heterocycles. The van der Waals surface area contributed by atoms with Crippen LogP contribution < -0.4 is 0 Å². The molecule has 3 rings (SSSR count). The minimum atomic E-state index is -0.848. The lowest BCUT2D eigenvalue weighted by molar-refractivity contribution is -0.136. The summed E-state index contributed by atoms with van der Waals surface area (Å²) in [5, 5.41) is 12.5. The van der Waals surface area contributed by atoms with Crippen LogP contribution >= 0.6 is 22.9 Å². The third-order valence-electron chi connectivity index (χ3n) is 2.96. The van der Waals surface area contributed by atoms with E-state index < -0.39 is 5.97 Å². The van der Waals surface area contributed by atoms with Crippen molar-refractivity contribution >= 4 is 39.8 Å². The van der Waals surface area contributed by atoms with Crippen molar-refractivity contribution in [1.29, 1.82) is 0 Å². The van der Waals surface area contributed by atoms with Crippen molar-refractivity contribution in [1.82, 2.24) is 4.98 Å². The van der Waals surface area contributed by atoms with Crippen LogP contribution in [-0.4, -0.2) is 16.1 Å². The van der Waals surface area contributed by atoms with Crippen LogP contribution in [0.25, 0.3) is 21.5 Å². The average molecular weight is 292 g/mol. The highest BCUT2D eigenvalue weighted by molar-refractivity contribution is 7.13. The van der Waals surface area contributed by atoms with Crippen molar-refractivity contribution in [2.45, 2.75) is 6.42 Å². The zero-order valence-corrected chi connectivity index (χ0v) is 11.4. The summed E-state index contributed by atoms with van der Waals surface area (Å²) in [7, 11) is 0. The number of fused-ring (bicyclic) bond motifs is 1. The predicted molar refractivity (Wildman–Crippen MR) is 78.0 cm³/mol. The van der Waals surface area contributed by atoms with Crippen molar-refractivity contribution in [3.63, 3.8) is 0 Å². The van der Waals surface area contributed by atoms with Gasteiger partial charge in [-0.3, -0.25) is 4.79 Å². The summed E-state index contributed by atoms with van der Waals surface area (Å²) in [6.07, 6.45) is -0.0203. The highest BCUT2D eigenvalue weighted by atomic mass is 35.5. The van der Waals surface area contributed by atoms with Crippen molar-refractivity contribution in [2.75, 3.05) is 0 Å². The minimum absolute atomic E-state index is 0.0203. The molecule has 0 aliphatic carbocycles. The first-order chi connectivity index (χ1) is 9.15. The monoisotopic (exact) mass is 291 g/mol. The van der Waals surface area contributed by atoms with Crippen molar-refractivity contribution < 1.29 is 9.90 Å². The van der Waals surface area contributed by atoms with Crippen molar-refractivity contribution in [3.05, 3.63) is 46.3 Å². The van der Waals surface area contributed by atoms with Gasteiger partial charge in [0.15, 0.2) is 0 Å². The number of hydrogen-bond donors (Lipinski definition) is 2. The lowest BCUT2D eigenvalue weighted by Gasteiger charge is -2.00. The number of nitrogens with one attached hydrogen (secondary N) is 1. The zero-order chi connectivity index (χ0) is 13.4. The van der Waals surface area contributed by atoms with E-state index in [2.05, 4.69) is 4.98 Å². The number of benzene rings is 1. The molecule has 2 aromatic heterocycles. The van der Waals surface area contributed by atoms with Crippen molar-refractivity contribution in [3.8, 4) is 10.6 Å². The first-order valence-electron chi connectivity index (χ1n) is 5.71. The molecular formula is C14H10ClNO2S. The Balaban J connectivity index is 2.28. The van der Waals surface area contributed by atoms with Crippen LogP contribution in [0.3, 0.4) is 0 Å². The maximum Gasteiger partial charge on any atom is 0.307 e. The molecule has 0 bridgehead atoms. The average Bonchev–Trinajstić information content (AvgIpc) is 2.97. The minimum Gasteiger partial charge on any atom is -0.481 e. The molecular weight excluding hydrogens is 282 g/mol. The summed E-state index contributed by atoms with van der Waals surface area (Å²) < 4.78 is 0. The van der Waals surface area contributed by atoms with E-state index >= 15 is 0 Å². The van der Waals surface area contributed by atoms with Gasteiger partial charge in [-0.05, 0) is 35.2 Å². The summed E-state index contributed by atoms with van der Waals surface area (Å²) >= 11 is 7.58. The third kappa shape index (κ3) is 2.25. The summed E-state index contributed by atoms with van der Waals surface area (Å²) in [5.41, 5.74) is 2.56. The number of hydrogen-bond acceptors (Lipinski definition) is 2. The first-order valence-corrected chi connectivity index (χ1v) is 6.96. The molecule has 0 fully saturated rings. The van der Waals surface area contributed by atoms with E-state index in [0.717, 1.165) is 27.0 Å². The van der Waals surface area contributed by atoms with Crippen LogP contribution in [0.1, 0.15) is 5.56 Å². The second-order valence-electron chi connectivity index (χ2n) is 4.22. The highest BCUT2D eigenvalue weighted by Crippen LogP contribution is 2.34. The fourth-order valence-electron chi connectivity index (χ4n) is 2.19. The topological polar surface area (TPSA) is 53.1 Å². The van der Waals surface area contributed by atoms with E-state index in [0.29, 0.717) is 5.02 Å². The molecule has 2 heterocycles. The van der Waals surface area contributed by atoms with Gasteiger partial charge in [0, 0.05) is 15.9 Å². The van der Waals surface area contributed by atoms with Crippen LogP contribution in [0.15, 0.2) is 35.7 Å². The first kappa shape index (κ1) is 12.3. The van der Waals surface area contributed by atoms with E-state index in [1.54, 1.807) is 17.4 Å². The number of aliphatic carboxylic acids is 1. The number of carboxylic acids is 1. The maximum absolute atomic E-state index is 11.1. The fraction of sp³-hybridized carbons (Fsp3) is 0.0714. The molecule has 0 aliphatic heterocycles. The van der Waals surface area contributed by atoms with Crippen LogP contribution in [0, 0.1) is 0 Å². The highest BCUT2D eigenvalue weighted by Gasteiger charge is 2.16. The standard InChI is InChI=1S/C14H10ClNO2S/c15-8-3-4-11-9(6-8)10(7-13(17)18)14(16-11)12-2-1-5-19-12/h1-6,16H,7H2,(H,17,18). The second-order valence-corrected chi connectivity index (χ2v) is 5.60. The Kier molecular flexibility index (Phi) is 3.05. The number of thiophene rings is 1. The van der Waals surface area contributed by atoms with Crippen LogP contribution in [0.5, 0.6) is 0 Å². The summed E-state index contributed by atoms with van der Waals surface area (Å²) in [5.74, 6) is -0.848. The van der Waals surface area contributed by atoms with Gasteiger partial charge in [-0.2, -0.15) is 0 Å². The quantitative estimate of drug-likeness (QED) is 0.760. The number of aromatic amines is 1. The van der Waals surface area contributed by atoms with Gasteiger partial charge >= 0.3 is 5.97 Å². The van der Waals surface area contributed by atoms with E-state index in [1.807, 2.05) is 29.6 Å². The molecule has 0 saturated carbocycles. The smallest absolute Gasteiger partial charge is 0.307 e. The Morgan fingerprint density at radius 1 is 1.37 bits per heavy atom. The van der Waals surface area contributed by atoms with Gasteiger partial charge in [0.25, 0.3) is 0 Å². The Morgan fingerprint density at radius 2 is 2.21 bits per heavy atom. The summed E-state index contributed by atoms with van der Waals surface area (Å²) in [4.78, 5) is 15.4. The molecule has 2 N–H and O–H groups in total. The number of halogens is 1. The second kappa shape index (κ2) is 4.72. The Bertz CT molecular complexity index is 746. The number of rotatable bonds is 3. The molecule has 19 heavy (non-hydrogen) atoms. The lowest BCUT2D eigenvalue weighted by atomic mass is 10.1. The molecule has 0 atom stereocenters. The Morgan fingerprint density at radius 3 is 2.89 bits per heavy atom. The molecule has 0 unspecified atom stereocenters. The number of carbonyl (C=O) groups is 1. The lowest BCUT2D eigenvalue weighted by Crippen LogP contribution is -2.00. The molecule has 3 aromatic rings. The van der Waals surface area contributed by atoms with Gasteiger partial charge in [-0.15, -0.1) is 11.3 Å². The van der Waals surface area contributed by atoms with Gasteiger partial charge < -0.3 is 10.1 Å².